The molecule has 0 fully saturated rings. The Hall–Kier alpha value is -2.97. The maximum absolute atomic E-state index is 13.5. The lowest BCUT2D eigenvalue weighted by atomic mass is 9.99. The summed E-state index contributed by atoms with van der Waals surface area (Å²) in [6.07, 6.45) is -7.65. The average Bonchev–Trinajstić information content (AvgIpc) is 3.13. The predicted octanol–water partition coefficient (Wildman–Crippen LogP) is 5.69. The Morgan fingerprint density at radius 1 is 0.926 bits per heavy atom. The number of ether oxygens (including phenoxy) is 1. The number of hydrogen-bond acceptors (Lipinski definition) is 2. The van der Waals surface area contributed by atoms with Crippen molar-refractivity contribution in [2.45, 2.75) is 19.0 Å². The van der Waals surface area contributed by atoms with Crippen molar-refractivity contribution in [2.24, 2.45) is 0 Å². The van der Waals surface area contributed by atoms with Crippen LogP contribution in [0, 0.1) is 0 Å². The van der Waals surface area contributed by atoms with Crippen molar-refractivity contribution in [3.8, 4) is 16.9 Å². The molecular weight excluding hydrogens is 374 g/mol. The monoisotopic (exact) mass is 386 g/mol. The molecule has 0 bridgehead atoms. The Balaban J connectivity index is 2.15. The summed E-state index contributed by atoms with van der Waals surface area (Å²) in [5.41, 5.74) is -2.64. The molecule has 0 aliphatic heterocycles. The van der Waals surface area contributed by atoms with E-state index in [9.17, 15) is 26.3 Å². The molecule has 3 rings (SSSR count). The molecule has 2 aromatic carbocycles. The van der Waals surface area contributed by atoms with Crippen LogP contribution in [0.2, 0.25) is 0 Å². The summed E-state index contributed by atoms with van der Waals surface area (Å²) in [6, 6.07) is 9.02. The topological polar surface area (TPSA) is 37.9 Å². The molecule has 0 spiro atoms. The van der Waals surface area contributed by atoms with Crippen molar-refractivity contribution >= 4 is 0 Å². The Kier molecular flexibility index (Phi) is 4.86. The van der Waals surface area contributed by atoms with Gasteiger partial charge in [-0.3, -0.25) is 5.10 Å². The molecule has 27 heavy (non-hydrogen) atoms. The summed E-state index contributed by atoms with van der Waals surface area (Å²) >= 11 is 0. The minimum absolute atomic E-state index is 0.0506. The molecule has 0 saturated heterocycles. The fraction of sp³-hybridized carbons (Fsp3) is 0.167. The van der Waals surface area contributed by atoms with Crippen LogP contribution in [0.25, 0.3) is 11.1 Å². The largest absolute Gasteiger partial charge is 0.488 e. The van der Waals surface area contributed by atoms with Crippen LogP contribution in [-0.4, -0.2) is 10.2 Å². The third-order valence-corrected chi connectivity index (χ3v) is 3.76. The third kappa shape index (κ3) is 4.24. The van der Waals surface area contributed by atoms with Gasteiger partial charge < -0.3 is 4.74 Å². The van der Waals surface area contributed by atoms with Gasteiger partial charge in [0, 0.05) is 17.3 Å². The molecule has 0 amide bonds. The fourth-order valence-corrected chi connectivity index (χ4v) is 2.50. The number of rotatable bonds is 4. The first-order valence-electron chi connectivity index (χ1n) is 7.64. The lowest BCUT2D eigenvalue weighted by Crippen LogP contribution is -2.14. The maximum atomic E-state index is 13.5. The van der Waals surface area contributed by atoms with Crippen molar-refractivity contribution in [1.82, 2.24) is 10.2 Å². The van der Waals surface area contributed by atoms with Gasteiger partial charge in [0.2, 0.25) is 0 Å². The Morgan fingerprint density at radius 2 is 1.63 bits per heavy atom. The zero-order chi connectivity index (χ0) is 19.7. The summed E-state index contributed by atoms with van der Waals surface area (Å²) in [4.78, 5) is 0. The van der Waals surface area contributed by atoms with Crippen LogP contribution in [0.4, 0.5) is 26.3 Å². The normalized spacial score (nSPS) is 12.2. The molecule has 9 heteroatoms. The molecule has 3 nitrogen and oxygen atoms in total. The van der Waals surface area contributed by atoms with Crippen molar-refractivity contribution in [3.05, 3.63) is 71.5 Å². The second-order valence-electron chi connectivity index (χ2n) is 5.66. The number of H-pyrrole nitrogens is 1. The predicted molar refractivity (Wildman–Crippen MR) is 84.8 cm³/mol. The van der Waals surface area contributed by atoms with E-state index in [1.165, 1.54) is 6.20 Å². The zero-order valence-electron chi connectivity index (χ0n) is 13.5. The van der Waals surface area contributed by atoms with Crippen LogP contribution in [0.3, 0.4) is 0 Å². The highest BCUT2D eigenvalue weighted by Gasteiger charge is 2.40. The highest BCUT2D eigenvalue weighted by Crippen LogP contribution is 2.46. The van der Waals surface area contributed by atoms with E-state index >= 15 is 0 Å². The molecule has 0 radical (unpaired) electrons. The van der Waals surface area contributed by atoms with Gasteiger partial charge in [0.15, 0.2) is 0 Å². The highest BCUT2D eigenvalue weighted by atomic mass is 19.4. The SMILES string of the molecule is FC(F)(F)c1cc(-c2cn[nH]c2)c(OCc2ccccc2)c(C(F)(F)F)c1. The number of aromatic amines is 1. The van der Waals surface area contributed by atoms with Gasteiger partial charge in [-0.25, -0.2) is 0 Å². The standard InChI is InChI=1S/C18H12F6N2O/c19-17(20,21)13-6-14(12-8-25-26-9-12)16(15(7-13)18(22,23)24)27-10-11-4-2-1-3-5-11/h1-9H,10H2,(H,25,26). The third-order valence-electron chi connectivity index (χ3n) is 3.76. The summed E-state index contributed by atoms with van der Waals surface area (Å²) in [5, 5.41) is 5.98. The lowest BCUT2D eigenvalue weighted by molar-refractivity contribution is -0.143. The summed E-state index contributed by atoms with van der Waals surface area (Å²) in [6.45, 7) is -0.236. The number of nitrogens with one attached hydrogen (secondary N) is 1. The van der Waals surface area contributed by atoms with Crippen LogP contribution in [-0.2, 0) is 19.0 Å². The molecular formula is C18H12F6N2O. The number of nitrogens with zero attached hydrogens (tertiary/aromatic N) is 1. The lowest BCUT2D eigenvalue weighted by Gasteiger charge is -2.20. The molecule has 142 valence electrons. The van der Waals surface area contributed by atoms with E-state index in [4.69, 9.17) is 4.74 Å². The van der Waals surface area contributed by atoms with Gasteiger partial charge in [-0.15, -0.1) is 0 Å². The van der Waals surface area contributed by atoms with Crippen LogP contribution in [0.15, 0.2) is 54.9 Å². The molecule has 0 saturated carbocycles. The Bertz CT molecular complexity index is 902. The van der Waals surface area contributed by atoms with Gasteiger partial charge >= 0.3 is 12.4 Å². The van der Waals surface area contributed by atoms with Crippen LogP contribution >= 0.6 is 0 Å². The van der Waals surface area contributed by atoms with Crippen molar-refractivity contribution in [2.75, 3.05) is 0 Å². The van der Waals surface area contributed by atoms with Crippen LogP contribution in [0.5, 0.6) is 5.75 Å². The van der Waals surface area contributed by atoms with E-state index in [1.54, 1.807) is 30.3 Å². The van der Waals surface area contributed by atoms with E-state index < -0.39 is 29.2 Å². The van der Waals surface area contributed by atoms with E-state index in [2.05, 4.69) is 10.2 Å². The van der Waals surface area contributed by atoms with E-state index in [1.807, 2.05) is 0 Å². The smallest absolute Gasteiger partial charge is 0.420 e. The first-order valence-corrected chi connectivity index (χ1v) is 7.64. The second-order valence-corrected chi connectivity index (χ2v) is 5.66. The first-order chi connectivity index (χ1) is 12.7. The van der Waals surface area contributed by atoms with Gasteiger partial charge in [-0.1, -0.05) is 30.3 Å². The Morgan fingerprint density at radius 3 is 2.19 bits per heavy atom. The van der Waals surface area contributed by atoms with Gasteiger partial charge in [0.25, 0.3) is 0 Å². The van der Waals surface area contributed by atoms with Gasteiger partial charge in [0.05, 0.1) is 17.3 Å². The number of benzene rings is 2. The van der Waals surface area contributed by atoms with Crippen LogP contribution < -0.4 is 4.74 Å². The molecule has 0 atom stereocenters. The molecule has 0 unspecified atom stereocenters. The van der Waals surface area contributed by atoms with Gasteiger partial charge in [-0.05, 0) is 17.7 Å². The van der Waals surface area contributed by atoms with E-state index in [0.29, 0.717) is 11.6 Å². The number of alkyl halides is 6. The van der Waals surface area contributed by atoms with E-state index in [0.717, 1.165) is 6.20 Å². The maximum Gasteiger partial charge on any atom is 0.420 e. The summed E-state index contributed by atoms with van der Waals surface area (Å²) in [7, 11) is 0. The molecule has 0 aliphatic carbocycles. The fourth-order valence-electron chi connectivity index (χ4n) is 2.50. The number of hydrogen-bond donors (Lipinski definition) is 1. The van der Waals surface area contributed by atoms with Crippen molar-refractivity contribution in [1.29, 1.82) is 0 Å². The first kappa shape index (κ1) is 18.8. The second kappa shape index (κ2) is 6.98. The van der Waals surface area contributed by atoms with Gasteiger partial charge in [-0.2, -0.15) is 31.4 Å². The average molecular weight is 386 g/mol. The molecule has 0 aliphatic rings. The quantitative estimate of drug-likeness (QED) is 0.585. The zero-order valence-corrected chi connectivity index (χ0v) is 13.5. The Labute approximate surface area is 149 Å². The minimum atomic E-state index is -5.04. The van der Waals surface area contributed by atoms with Gasteiger partial charge in [0.1, 0.15) is 12.4 Å². The molecule has 3 aromatic rings. The van der Waals surface area contributed by atoms with Crippen LogP contribution in [0.1, 0.15) is 16.7 Å². The summed E-state index contributed by atoms with van der Waals surface area (Å²) < 4.78 is 85.2. The number of aromatic nitrogens is 2. The summed E-state index contributed by atoms with van der Waals surface area (Å²) in [5.74, 6) is -0.680. The highest BCUT2D eigenvalue weighted by molar-refractivity contribution is 5.73. The molecule has 1 N–H and O–H groups in total. The van der Waals surface area contributed by atoms with E-state index in [-0.39, 0.29) is 23.8 Å². The molecule has 1 aromatic heterocycles. The van der Waals surface area contributed by atoms with Crippen molar-refractivity contribution in [3.63, 3.8) is 0 Å². The minimum Gasteiger partial charge on any atom is -0.488 e. The van der Waals surface area contributed by atoms with Crippen molar-refractivity contribution < 1.29 is 31.1 Å². The molecule has 1 heterocycles. The number of halogens is 6.